The molecule has 17 nitrogen and oxygen atoms in total. The van der Waals surface area contributed by atoms with Gasteiger partial charge in [-0.2, -0.15) is 0 Å². The van der Waals surface area contributed by atoms with E-state index in [1.165, 1.54) is 13.2 Å². The van der Waals surface area contributed by atoms with Gasteiger partial charge in [0.05, 0.1) is 68.1 Å². The van der Waals surface area contributed by atoms with Crippen LogP contribution < -0.4 is 0 Å². The summed E-state index contributed by atoms with van der Waals surface area (Å²) >= 11 is 0. The molecule has 0 radical (unpaired) electrons. The standard InChI is InChI=1S/C35H56O17/c1-46-26-8-16(2-5-21(26)38)3-7-28(42)48-14-35(45)15-49-34(32(35)44)52-31-29(43)24(41)13-47-33(31)51-27-12-19-22(39)10-18(36)11-25(19)50-30(27)17-4-6-20(37)23(40)9-17/h3,7,16-27,29-34,36-41,43-45H,2,4-6,8-15H2,1H3/t16?,17?,18?,19?,20?,21?,22?,23?,24-,25?,26?,27?,29+,30?,31-,32+,33+,34+,35-/m1/s1. The van der Waals surface area contributed by atoms with Crippen molar-refractivity contribution in [2.75, 3.05) is 26.9 Å². The molecule has 17 heteroatoms. The lowest BCUT2D eigenvalue weighted by atomic mass is 9.72. The molecule has 0 aromatic heterocycles. The first-order valence-corrected chi connectivity index (χ1v) is 18.5. The van der Waals surface area contributed by atoms with Gasteiger partial charge in [0.15, 0.2) is 18.2 Å². The summed E-state index contributed by atoms with van der Waals surface area (Å²) in [4.78, 5) is 12.5. The van der Waals surface area contributed by atoms with Crippen molar-refractivity contribution < 1.29 is 83.9 Å². The maximum Gasteiger partial charge on any atom is 0.330 e. The topological polar surface area (TPSA) is 264 Å². The predicted molar refractivity (Wildman–Crippen MR) is 174 cm³/mol. The van der Waals surface area contributed by atoms with Crippen LogP contribution in [-0.4, -0.2) is 176 Å². The van der Waals surface area contributed by atoms with E-state index in [1.807, 2.05) is 0 Å². The minimum absolute atomic E-state index is 0.0171. The maximum absolute atomic E-state index is 12.5. The molecule has 19 atom stereocenters. The molecule has 298 valence electrons. The molecule has 0 amide bonds. The Morgan fingerprint density at radius 2 is 1.56 bits per heavy atom. The number of aliphatic hydroxyl groups is 9. The quantitative estimate of drug-likeness (QED) is 0.0817. The van der Waals surface area contributed by atoms with E-state index >= 15 is 0 Å². The number of methoxy groups -OCH3 is 1. The van der Waals surface area contributed by atoms with Crippen molar-refractivity contribution in [3.63, 3.8) is 0 Å². The Bertz CT molecular complexity index is 1210. The van der Waals surface area contributed by atoms with Crippen LogP contribution in [0, 0.1) is 17.8 Å². The molecule has 12 unspecified atom stereocenters. The number of carbonyl (C=O) groups excluding carboxylic acids is 1. The van der Waals surface area contributed by atoms with Crippen LogP contribution in [-0.2, 0) is 38.0 Å². The van der Waals surface area contributed by atoms with Crippen LogP contribution in [0.15, 0.2) is 12.2 Å². The molecule has 0 aromatic carbocycles. The molecule has 3 aliphatic carbocycles. The van der Waals surface area contributed by atoms with Crippen LogP contribution in [0.3, 0.4) is 0 Å². The number of fused-ring (bicyclic) bond motifs is 1. The monoisotopic (exact) mass is 748 g/mol. The van der Waals surface area contributed by atoms with Gasteiger partial charge in [-0.1, -0.05) is 6.08 Å². The third-order valence-corrected chi connectivity index (χ3v) is 11.9. The van der Waals surface area contributed by atoms with Crippen molar-refractivity contribution in [3.05, 3.63) is 12.2 Å². The summed E-state index contributed by atoms with van der Waals surface area (Å²) in [5.74, 6) is -1.43. The van der Waals surface area contributed by atoms with E-state index in [-0.39, 0.29) is 43.8 Å². The Kier molecular flexibility index (Phi) is 13.3. The number of aliphatic hydroxyl groups excluding tert-OH is 8. The summed E-state index contributed by atoms with van der Waals surface area (Å²) in [6.45, 7) is -1.46. The second-order valence-corrected chi connectivity index (χ2v) is 15.6. The highest BCUT2D eigenvalue weighted by Gasteiger charge is 2.55. The Morgan fingerprint density at radius 1 is 0.788 bits per heavy atom. The molecule has 3 aliphatic heterocycles. The average molecular weight is 749 g/mol. The van der Waals surface area contributed by atoms with Crippen LogP contribution in [0.4, 0.5) is 0 Å². The zero-order valence-corrected chi connectivity index (χ0v) is 29.3. The van der Waals surface area contributed by atoms with E-state index in [1.54, 1.807) is 6.08 Å². The molecule has 52 heavy (non-hydrogen) atoms. The summed E-state index contributed by atoms with van der Waals surface area (Å²) in [5, 5.41) is 95.6. The van der Waals surface area contributed by atoms with Crippen molar-refractivity contribution in [1.29, 1.82) is 0 Å². The van der Waals surface area contributed by atoms with Crippen LogP contribution in [0.1, 0.15) is 57.8 Å². The number of rotatable bonds is 10. The average Bonchev–Trinajstić information content (AvgIpc) is 3.40. The summed E-state index contributed by atoms with van der Waals surface area (Å²) in [6, 6.07) is 0. The molecule has 6 aliphatic rings. The maximum atomic E-state index is 12.5. The number of allylic oxidation sites excluding steroid dienone is 1. The van der Waals surface area contributed by atoms with E-state index in [4.69, 9.17) is 33.2 Å². The summed E-state index contributed by atoms with van der Waals surface area (Å²) < 4.78 is 40.7. The third kappa shape index (κ3) is 9.01. The molecule has 3 saturated carbocycles. The van der Waals surface area contributed by atoms with Gasteiger partial charge in [0.2, 0.25) is 0 Å². The molecule has 0 bridgehead atoms. The zero-order chi connectivity index (χ0) is 37.3. The Balaban J connectivity index is 1.09. The lowest BCUT2D eigenvalue weighted by molar-refractivity contribution is -0.340. The fraction of sp³-hybridized carbons (Fsp3) is 0.914. The molecule has 6 fully saturated rings. The van der Waals surface area contributed by atoms with Gasteiger partial charge in [-0.3, -0.25) is 0 Å². The molecular weight excluding hydrogens is 692 g/mol. The lowest BCUT2D eigenvalue weighted by Crippen LogP contribution is -2.61. The van der Waals surface area contributed by atoms with Gasteiger partial charge in [0.1, 0.15) is 31.0 Å². The number of esters is 1. The third-order valence-electron chi connectivity index (χ3n) is 11.9. The fourth-order valence-corrected chi connectivity index (χ4v) is 8.69. The summed E-state index contributed by atoms with van der Waals surface area (Å²) in [5.41, 5.74) is -2.08. The Hall–Kier alpha value is -1.39. The van der Waals surface area contributed by atoms with E-state index in [0.717, 1.165) is 0 Å². The van der Waals surface area contributed by atoms with Gasteiger partial charge >= 0.3 is 5.97 Å². The van der Waals surface area contributed by atoms with Crippen molar-refractivity contribution in [3.8, 4) is 0 Å². The first-order chi connectivity index (χ1) is 24.8. The Morgan fingerprint density at radius 3 is 2.31 bits per heavy atom. The predicted octanol–water partition coefficient (Wildman–Crippen LogP) is -2.63. The largest absolute Gasteiger partial charge is 0.459 e. The molecule has 3 saturated heterocycles. The van der Waals surface area contributed by atoms with Crippen LogP contribution in [0.2, 0.25) is 0 Å². The number of ether oxygens (including phenoxy) is 7. The minimum Gasteiger partial charge on any atom is -0.459 e. The van der Waals surface area contributed by atoms with Crippen molar-refractivity contribution >= 4 is 5.97 Å². The molecule has 3 heterocycles. The van der Waals surface area contributed by atoms with Gasteiger partial charge in [0, 0.05) is 19.1 Å². The van der Waals surface area contributed by atoms with Crippen molar-refractivity contribution in [1.82, 2.24) is 0 Å². The van der Waals surface area contributed by atoms with Gasteiger partial charge < -0.3 is 79.1 Å². The lowest BCUT2D eigenvalue weighted by Gasteiger charge is -2.51. The molecular formula is C35H56O17. The highest BCUT2D eigenvalue weighted by atomic mass is 16.8. The van der Waals surface area contributed by atoms with Crippen LogP contribution in [0.5, 0.6) is 0 Å². The van der Waals surface area contributed by atoms with Crippen LogP contribution >= 0.6 is 0 Å². The molecule has 6 rings (SSSR count). The number of hydrogen-bond acceptors (Lipinski definition) is 17. The first kappa shape index (κ1) is 40.3. The Labute approximate surface area is 302 Å². The van der Waals surface area contributed by atoms with E-state index in [2.05, 4.69) is 0 Å². The number of hydrogen-bond donors (Lipinski definition) is 9. The molecule has 9 N–H and O–H groups in total. The van der Waals surface area contributed by atoms with Crippen LogP contribution in [0.25, 0.3) is 0 Å². The van der Waals surface area contributed by atoms with Gasteiger partial charge in [-0.05, 0) is 69.6 Å². The van der Waals surface area contributed by atoms with Gasteiger partial charge in [0.25, 0.3) is 0 Å². The van der Waals surface area contributed by atoms with E-state index in [9.17, 15) is 50.8 Å². The SMILES string of the molecule is COC1CC(C=CC(=O)OC[C@@]2(O)CO[C@@H](O[C@H]3[C@H](OC4CC5C(O)CC(O)CC5OC4C4CCC(O)C(O)C4)OC[C@@H](O)[C@@H]3O)[C@@H]2O)CCC1O. The van der Waals surface area contributed by atoms with Gasteiger partial charge in [-0.25, -0.2) is 4.79 Å². The minimum atomic E-state index is -2.08. The summed E-state index contributed by atoms with van der Waals surface area (Å²) in [6.07, 6.45) is -8.95. The first-order valence-electron chi connectivity index (χ1n) is 18.5. The number of carbonyl (C=O) groups is 1. The van der Waals surface area contributed by atoms with Gasteiger partial charge in [-0.15, -0.1) is 0 Å². The second-order valence-electron chi connectivity index (χ2n) is 15.6. The second kappa shape index (κ2) is 17.2. The van der Waals surface area contributed by atoms with Crippen molar-refractivity contribution in [2.45, 2.75) is 155 Å². The highest BCUT2D eigenvalue weighted by Crippen LogP contribution is 2.43. The smallest absolute Gasteiger partial charge is 0.330 e. The normalized spacial score (nSPS) is 50.2. The summed E-state index contributed by atoms with van der Waals surface area (Å²) in [7, 11) is 1.52. The van der Waals surface area contributed by atoms with Crippen molar-refractivity contribution in [2.24, 2.45) is 17.8 Å². The zero-order valence-electron chi connectivity index (χ0n) is 29.3. The molecule has 0 aromatic rings. The fourth-order valence-electron chi connectivity index (χ4n) is 8.69. The van der Waals surface area contributed by atoms with E-state index < -0.39 is 117 Å². The highest BCUT2D eigenvalue weighted by molar-refractivity contribution is 5.82. The van der Waals surface area contributed by atoms with E-state index in [0.29, 0.717) is 38.5 Å². The molecule has 0 spiro atoms.